The number of fused-ring (bicyclic) bond motifs is 3. The second-order valence-corrected chi connectivity index (χ2v) is 7.97. The van der Waals surface area contributed by atoms with Crippen molar-refractivity contribution in [3.05, 3.63) is 53.6 Å². The Morgan fingerprint density at radius 3 is 2.72 bits per heavy atom. The highest BCUT2D eigenvalue weighted by atomic mass is 19.3. The molecule has 1 saturated heterocycles. The summed E-state index contributed by atoms with van der Waals surface area (Å²) < 4.78 is 35.0. The molecule has 1 spiro atoms. The van der Waals surface area contributed by atoms with Gasteiger partial charge in [-0.3, -0.25) is 14.5 Å². The Labute approximate surface area is 181 Å². The number of nitrogens with one attached hydrogen (secondary N) is 2. The molecular weight excluding hydrogens is 424 g/mol. The molecule has 2 aromatic carbocycles. The van der Waals surface area contributed by atoms with Crippen molar-refractivity contribution in [2.75, 3.05) is 11.9 Å². The van der Waals surface area contributed by atoms with Crippen LogP contribution < -0.4 is 20.1 Å². The fourth-order valence-electron chi connectivity index (χ4n) is 4.49. The zero-order valence-electron chi connectivity index (χ0n) is 16.8. The van der Waals surface area contributed by atoms with Crippen LogP contribution in [-0.2, 0) is 21.5 Å². The number of nitrogens with zero attached hydrogens (tertiary/aromatic N) is 1. The van der Waals surface area contributed by atoms with Crippen molar-refractivity contribution in [2.24, 2.45) is 0 Å². The first-order chi connectivity index (χ1) is 15.3. The second-order valence-electron chi connectivity index (χ2n) is 7.97. The molecule has 5 rings (SSSR count). The molecule has 2 N–H and O–H groups in total. The van der Waals surface area contributed by atoms with E-state index in [9.17, 15) is 23.2 Å². The summed E-state index contributed by atoms with van der Waals surface area (Å²) in [7, 11) is 0. The molecule has 0 saturated carbocycles. The molecule has 0 radical (unpaired) electrons. The summed E-state index contributed by atoms with van der Waals surface area (Å²) in [5.74, 6) is -1.51. The van der Waals surface area contributed by atoms with Crippen LogP contribution in [-0.4, -0.2) is 35.6 Å². The number of amides is 4. The van der Waals surface area contributed by atoms with Gasteiger partial charge in [0, 0.05) is 11.8 Å². The van der Waals surface area contributed by atoms with Crippen LogP contribution in [0.5, 0.6) is 11.5 Å². The molecule has 2 heterocycles. The van der Waals surface area contributed by atoms with E-state index in [1.165, 1.54) is 18.2 Å². The third kappa shape index (κ3) is 3.31. The molecule has 8 nitrogen and oxygen atoms in total. The van der Waals surface area contributed by atoms with E-state index in [1.54, 1.807) is 0 Å². The first kappa shape index (κ1) is 20.2. The number of aryl methyl sites for hydroxylation is 1. The van der Waals surface area contributed by atoms with E-state index in [-0.39, 0.29) is 17.2 Å². The van der Waals surface area contributed by atoms with Crippen LogP contribution in [0, 0.1) is 0 Å². The number of carbonyl (C=O) groups excluding carboxylic acids is 3. The Bertz CT molecular complexity index is 1140. The van der Waals surface area contributed by atoms with Gasteiger partial charge in [-0.15, -0.1) is 8.78 Å². The fourth-order valence-corrected chi connectivity index (χ4v) is 4.49. The average molecular weight is 443 g/mol. The maximum absolute atomic E-state index is 13.4. The Morgan fingerprint density at radius 2 is 1.88 bits per heavy atom. The van der Waals surface area contributed by atoms with E-state index in [0.29, 0.717) is 6.42 Å². The molecule has 2 aliphatic heterocycles. The molecule has 3 aliphatic rings. The monoisotopic (exact) mass is 443 g/mol. The predicted molar refractivity (Wildman–Crippen MR) is 107 cm³/mol. The normalized spacial score (nSPS) is 23.0. The minimum absolute atomic E-state index is 0.156. The number of anilines is 1. The van der Waals surface area contributed by atoms with E-state index < -0.39 is 36.2 Å². The fraction of sp³-hybridized carbons (Fsp3) is 0.318. The van der Waals surface area contributed by atoms with Gasteiger partial charge in [0.25, 0.3) is 5.91 Å². The quantitative estimate of drug-likeness (QED) is 0.711. The first-order valence-corrected chi connectivity index (χ1v) is 10.2. The zero-order valence-corrected chi connectivity index (χ0v) is 16.8. The van der Waals surface area contributed by atoms with Gasteiger partial charge in [-0.05, 0) is 48.9 Å². The van der Waals surface area contributed by atoms with Crippen LogP contribution in [0.4, 0.5) is 19.3 Å². The number of halogens is 2. The number of urea groups is 1. The topological polar surface area (TPSA) is 97.0 Å². The van der Waals surface area contributed by atoms with E-state index in [1.807, 2.05) is 24.3 Å². The van der Waals surface area contributed by atoms with Crippen molar-refractivity contribution >= 4 is 23.5 Å². The molecule has 4 amide bonds. The number of hydrogen-bond donors (Lipinski definition) is 2. The van der Waals surface area contributed by atoms with Crippen molar-refractivity contribution in [3.8, 4) is 11.5 Å². The molecule has 1 fully saturated rings. The lowest BCUT2D eigenvalue weighted by molar-refractivity contribution is -0.286. The molecule has 32 heavy (non-hydrogen) atoms. The maximum Gasteiger partial charge on any atom is 0.586 e. The Balaban J connectivity index is 1.33. The highest BCUT2D eigenvalue weighted by molar-refractivity contribution is 6.10. The predicted octanol–water partition coefficient (Wildman–Crippen LogP) is 3.12. The van der Waals surface area contributed by atoms with Crippen molar-refractivity contribution in [1.82, 2.24) is 10.2 Å². The van der Waals surface area contributed by atoms with Gasteiger partial charge in [-0.25, -0.2) is 4.79 Å². The number of hydrogen-bond acceptors (Lipinski definition) is 5. The van der Waals surface area contributed by atoms with E-state index >= 15 is 0 Å². The lowest BCUT2D eigenvalue weighted by Crippen LogP contribution is -2.44. The van der Waals surface area contributed by atoms with Crippen LogP contribution in [0.2, 0.25) is 0 Å². The molecular formula is C22H19F2N3O5. The van der Waals surface area contributed by atoms with Crippen LogP contribution in [0.15, 0.2) is 42.5 Å². The van der Waals surface area contributed by atoms with Crippen LogP contribution >= 0.6 is 0 Å². The number of ether oxygens (including phenoxy) is 2. The van der Waals surface area contributed by atoms with Crippen LogP contribution in [0.1, 0.15) is 30.4 Å². The second kappa shape index (κ2) is 7.18. The molecule has 10 heteroatoms. The summed E-state index contributed by atoms with van der Waals surface area (Å²) in [6.45, 7) is -0.515. The average Bonchev–Trinajstić information content (AvgIpc) is 3.08. The van der Waals surface area contributed by atoms with Gasteiger partial charge >= 0.3 is 12.3 Å². The van der Waals surface area contributed by atoms with E-state index in [4.69, 9.17) is 0 Å². The van der Waals surface area contributed by atoms with E-state index in [0.717, 1.165) is 35.3 Å². The third-order valence-corrected chi connectivity index (χ3v) is 5.89. The Kier molecular flexibility index (Phi) is 4.54. The molecule has 1 atom stereocenters. The maximum atomic E-state index is 13.4. The number of rotatable bonds is 3. The molecule has 2 aromatic rings. The number of benzene rings is 2. The summed E-state index contributed by atoms with van der Waals surface area (Å²) in [6.07, 6.45) is -0.865. The van der Waals surface area contributed by atoms with Gasteiger partial charge in [0.05, 0.1) is 0 Å². The SMILES string of the molecule is O=C(CN1C(=O)NC2(CCCCc3ccccc32)C1=O)Nc1ccc2c(c1)OC(F)(F)O2. The minimum atomic E-state index is -3.77. The summed E-state index contributed by atoms with van der Waals surface area (Å²) >= 11 is 0. The smallest absolute Gasteiger partial charge is 0.395 e. The Hall–Kier alpha value is -3.69. The first-order valence-electron chi connectivity index (χ1n) is 10.2. The van der Waals surface area contributed by atoms with Gasteiger partial charge < -0.3 is 20.1 Å². The van der Waals surface area contributed by atoms with Crippen molar-refractivity contribution in [2.45, 2.75) is 37.5 Å². The number of imide groups is 1. The van der Waals surface area contributed by atoms with E-state index in [2.05, 4.69) is 20.1 Å². The molecule has 1 aliphatic carbocycles. The standard InChI is InChI=1S/C22H19F2N3O5/c23-22(24)31-16-9-8-14(11-17(16)32-22)25-18(28)12-27-19(29)21(26-20(27)30)10-4-3-6-13-5-1-2-7-15(13)21/h1-2,5,7-9,11H,3-4,6,10,12H2,(H,25,28)(H,26,30). The largest absolute Gasteiger partial charge is 0.586 e. The summed E-state index contributed by atoms with van der Waals surface area (Å²) in [6, 6.07) is 10.6. The third-order valence-electron chi connectivity index (χ3n) is 5.89. The van der Waals surface area contributed by atoms with Crippen LogP contribution in [0.3, 0.4) is 0 Å². The lowest BCUT2D eigenvalue weighted by Gasteiger charge is -2.27. The highest BCUT2D eigenvalue weighted by Crippen LogP contribution is 2.42. The van der Waals surface area contributed by atoms with Gasteiger partial charge in [0.15, 0.2) is 11.5 Å². The molecule has 1 unspecified atom stereocenters. The lowest BCUT2D eigenvalue weighted by atomic mass is 9.84. The van der Waals surface area contributed by atoms with Crippen LogP contribution in [0.25, 0.3) is 0 Å². The molecule has 166 valence electrons. The van der Waals surface area contributed by atoms with Gasteiger partial charge in [0.2, 0.25) is 5.91 Å². The van der Waals surface area contributed by atoms with Crippen molar-refractivity contribution < 1.29 is 32.6 Å². The molecule has 0 aromatic heterocycles. The van der Waals surface area contributed by atoms with Gasteiger partial charge in [-0.2, -0.15) is 0 Å². The van der Waals surface area contributed by atoms with Crippen molar-refractivity contribution in [3.63, 3.8) is 0 Å². The molecule has 0 bridgehead atoms. The highest BCUT2D eigenvalue weighted by Gasteiger charge is 2.53. The van der Waals surface area contributed by atoms with Crippen molar-refractivity contribution in [1.29, 1.82) is 0 Å². The summed E-state index contributed by atoms with van der Waals surface area (Å²) in [5.41, 5.74) is 0.739. The number of carbonyl (C=O) groups is 3. The summed E-state index contributed by atoms with van der Waals surface area (Å²) in [5, 5.41) is 5.31. The zero-order chi connectivity index (χ0) is 22.5. The minimum Gasteiger partial charge on any atom is -0.395 e. The Morgan fingerprint density at radius 1 is 1.09 bits per heavy atom. The van der Waals surface area contributed by atoms with Gasteiger partial charge in [0.1, 0.15) is 12.1 Å². The van der Waals surface area contributed by atoms with Gasteiger partial charge in [-0.1, -0.05) is 24.3 Å². The number of alkyl halides is 2. The summed E-state index contributed by atoms with van der Waals surface area (Å²) in [4.78, 5) is 39.5.